The average Bonchev–Trinajstić information content (AvgIpc) is 2.30. The lowest BCUT2D eigenvalue weighted by atomic mass is 10.0. The van der Waals surface area contributed by atoms with Crippen molar-refractivity contribution in [3.63, 3.8) is 0 Å². The first-order valence-corrected chi connectivity index (χ1v) is 6.40. The van der Waals surface area contributed by atoms with Gasteiger partial charge in [-0.1, -0.05) is 36.5 Å². The van der Waals surface area contributed by atoms with E-state index in [1.54, 1.807) is 0 Å². The molecule has 1 rings (SSSR count). The largest absolute Gasteiger partial charge is 0.330 e. The normalized spacial score (nSPS) is 12.3. The summed E-state index contributed by atoms with van der Waals surface area (Å²) in [4.78, 5) is 11.9. The van der Waals surface area contributed by atoms with Crippen molar-refractivity contribution in [3.8, 4) is 0 Å². The van der Waals surface area contributed by atoms with Crippen LogP contribution in [0.4, 0.5) is 10.1 Å². The van der Waals surface area contributed by atoms with E-state index in [0.29, 0.717) is 6.42 Å². The topological polar surface area (TPSA) is 55.1 Å². The van der Waals surface area contributed by atoms with Crippen LogP contribution in [0, 0.1) is 11.7 Å². The molecule has 0 radical (unpaired) electrons. The smallest absolute Gasteiger partial charge is 0.228 e. The Kier molecular flexibility index (Phi) is 5.85. The Bertz CT molecular complexity index is 417. The number of benzene rings is 1. The molecule has 0 aromatic heterocycles. The molecule has 18 heavy (non-hydrogen) atoms. The third-order valence-corrected chi connectivity index (χ3v) is 3.14. The fourth-order valence-corrected chi connectivity index (χ4v) is 2.15. The summed E-state index contributed by atoms with van der Waals surface area (Å²) in [6.45, 7) is 2.21. The van der Waals surface area contributed by atoms with Gasteiger partial charge in [-0.2, -0.15) is 0 Å². The lowest BCUT2D eigenvalue weighted by Crippen LogP contribution is -2.29. The van der Waals surface area contributed by atoms with Crippen molar-refractivity contribution < 1.29 is 9.18 Å². The van der Waals surface area contributed by atoms with Gasteiger partial charge >= 0.3 is 0 Å². The van der Waals surface area contributed by atoms with E-state index in [2.05, 4.69) is 5.32 Å². The molecule has 3 N–H and O–H groups in total. The van der Waals surface area contributed by atoms with Gasteiger partial charge in [0.05, 0.1) is 21.7 Å². The van der Waals surface area contributed by atoms with E-state index >= 15 is 0 Å². The highest BCUT2D eigenvalue weighted by molar-refractivity contribution is 6.39. The molecular formula is C12H15Cl2FN2O. The van der Waals surface area contributed by atoms with Gasteiger partial charge in [0, 0.05) is 6.54 Å². The van der Waals surface area contributed by atoms with E-state index in [0.717, 1.165) is 18.6 Å². The van der Waals surface area contributed by atoms with E-state index < -0.39 is 5.82 Å². The zero-order valence-corrected chi connectivity index (χ0v) is 11.5. The summed E-state index contributed by atoms with van der Waals surface area (Å²) < 4.78 is 13.0. The lowest BCUT2D eigenvalue weighted by Gasteiger charge is -2.15. The second kappa shape index (κ2) is 6.92. The van der Waals surface area contributed by atoms with Crippen molar-refractivity contribution >= 4 is 34.8 Å². The van der Waals surface area contributed by atoms with Gasteiger partial charge in [-0.05, 0) is 18.6 Å². The number of carbonyl (C=O) groups is 1. The van der Waals surface area contributed by atoms with Crippen LogP contribution >= 0.6 is 23.2 Å². The van der Waals surface area contributed by atoms with Crippen LogP contribution in [0.25, 0.3) is 0 Å². The predicted molar refractivity (Wildman–Crippen MR) is 72.5 cm³/mol. The van der Waals surface area contributed by atoms with Crippen LogP contribution in [-0.2, 0) is 4.79 Å². The zero-order valence-electron chi connectivity index (χ0n) is 9.97. The Hall–Kier alpha value is -0.840. The van der Waals surface area contributed by atoms with Gasteiger partial charge in [0.15, 0.2) is 0 Å². The minimum absolute atomic E-state index is 0.0700. The third-order valence-electron chi connectivity index (χ3n) is 2.55. The van der Waals surface area contributed by atoms with E-state index in [4.69, 9.17) is 28.9 Å². The summed E-state index contributed by atoms with van der Waals surface area (Å²) in [5, 5.41) is 2.73. The predicted octanol–water partition coefficient (Wildman–Crippen LogP) is 3.45. The van der Waals surface area contributed by atoms with Crippen LogP contribution in [0.2, 0.25) is 10.0 Å². The quantitative estimate of drug-likeness (QED) is 0.873. The molecule has 0 bridgehead atoms. The van der Waals surface area contributed by atoms with Crippen molar-refractivity contribution in [1.82, 2.24) is 0 Å². The molecule has 1 aromatic carbocycles. The highest BCUT2D eigenvalue weighted by Gasteiger charge is 2.18. The molecule has 1 unspecified atom stereocenters. The molecule has 3 nitrogen and oxygen atoms in total. The third kappa shape index (κ3) is 3.83. The molecule has 6 heteroatoms. The van der Waals surface area contributed by atoms with Gasteiger partial charge in [0.25, 0.3) is 0 Å². The molecule has 0 saturated carbocycles. The van der Waals surface area contributed by atoms with E-state index in [9.17, 15) is 9.18 Å². The standard InChI is InChI=1S/C12H15Cl2FN2O/c1-2-3-7(6-16)12(18)17-11-9(13)4-8(15)5-10(11)14/h4-5,7H,2-3,6,16H2,1H3,(H,17,18). The van der Waals surface area contributed by atoms with Crippen LogP contribution in [0.5, 0.6) is 0 Å². The van der Waals surface area contributed by atoms with Gasteiger partial charge < -0.3 is 11.1 Å². The van der Waals surface area contributed by atoms with Crippen LogP contribution < -0.4 is 11.1 Å². The minimum Gasteiger partial charge on any atom is -0.330 e. The summed E-state index contributed by atoms with van der Waals surface area (Å²) >= 11 is 11.7. The van der Waals surface area contributed by atoms with Gasteiger partial charge in [-0.25, -0.2) is 4.39 Å². The van der Waals surface area contributed by atoms with Gasteiger partial charge in [0.2, 0.25) is 5.91 Å². The molecule has 0 aliphatic heterocycles. The van der Waals surface area contributed by atoms with Crippen molar-refractivity contribution in [2.45, 2.75) is 19.8 Å². The number of nitrogens with two attached hydrogens (primary N) is 1. The van der Waals surface area contributed by atoms with Crippen molar-refractivity contribution in [2.24, 2.45) is 11.7 Å². The fourth-order valence-electron chi connectivity index (χ4n) is 1.59. The number of nitrogens with one attached hydrogen (secondary N) is 1. The highest BCUT2D eigenvalue weighted by Crippen LogP contribution is 2.31. The Labute approximate surface area is 115 Å². The maximum absolute atomic E-state index is 13.0. The summed E-state index contributed by atoms with van der Waals surface area (Å²) in [6, 6.07) is 2.20. The van der Waals surface area contributed by atoms with Crippen LogP contribution in [0.3, 0.4) is 0 Å². The first kappa shape index (κ1) is 15.2. The minimum atomic E-state index is -0.549. The molecule has 0 saturated heterocycles. The molecule has 100 valence electrons. The molecule has 1 amide bonds. The second-order valence-corrected chi connectivity index (χ2v) is 4.77. The number of halogens is 3. The summed E-state index contributed by atoms with van der Waals surface area (Å²) in [5.41, 5.74) is 5.75. The molecule has 1 atom stereocenters. The SMILES string of the molecule is CCCC(CN)C(=O)Nc1c(Cl)cc(F)cc1Cl. The van der Waals surface area contributed by atoms with Gasteiger partial charge in [-0.15, -0.1) is 0 Å². The van der Waals surface area contributed by atoms with Crippen LogP contribution in [0.15, 0.2) is 12.1 Å². The number of amides is 1. The Balaban J connectivity index is 2.87. The second-order valence-electron chi connectivity index (χ2n) is 3.95. The molecule has 0 heterocycles. The van der Waals surface area contributed by atoms with E-state index in [1.165, 1.54) is 0 Å². The first-order chi connectivity index (χ1) is 8.49. The molecule has 0 aliphatic carbocycles. The summed E-state index contributed by atoms with van der Waals surface area (Å²) in [7, 11) is 0. The van der Waals surface area contributed by atoms with E-state index in [1.807, 2.05) is 6.92 Å². The Morgan fingerprint density at radius 1 is 1.44 bits per heavy atom. The van der Waals surface area contributed by atoms with Gasteiger partial charge in [0.1, 0.15) is 5.82 Å². The fraction of sp³-hybridized carbons (Fsp3) is 0.417. The van der Waals surface area contributed by atoms with Crippen molar-refractivity contribution in [2.75, 3.05) is 11.9 Å². The average molecular weight is 293 g/mol. The number of hydrogen-bond acceptors (Lipinski definition) is 2. The highest BCUT2D eigenvalue weighted by atomic mass is 35.5. The number of rotatable bonds is 5. The number of carbonyl (C=O) groups excluding carboxylic acids is 1. The van der Waals surface area contributed by atoms with Crippen molar-refractivity contribution in [1.29, 1.82) is 0 Å². The van der Waals surface area contributed by atoms with Crippen LogP contribution in [0.1, 0.15) is 19.8 Å². The number of hydrogen-bond donors (Lipinski definition) is 2. The zero-order chi connectivity index (χ0) is 13.7. The maximum Gasteiger partial charge on any atom is 0.228 e. The number of anilines is 1. The summed E-state index contributed by atoms with van der Waals surface area (Å²) in [5.74, 6) is -1.10. The molecule has 0 fully saturated rings. The Morgan fingerprint density at radius 3 is 2.44 bits per heavy atom. The van der Waals surface area contributed by atoms with Gasteiger partial charge in [-0.3, -0.25) is 4.79 Å². The molecule has 1 aromatic rings. The maximum atomic E-state index is 13.0. The molecular weight excluding hydrogens is 278 g/mol. The lowest BCUT2D eigenvalue weighted by molar-refractivity contribution is -0.119. The summed E-state index contributed by atoms with van der Waals surface area (Å²) in [6.07, 6.45) is 1.53. The van der Waals surface area contributed by atoms with E-state index in [-0.39, 0.29) is 34.1 Å². The molecule has 0 spiro atoms. The Morgan fingerprint density at radius 2 is 2.00 bits per heavy atom. The molecule has 0 aliphatic rings. The van der Waals surface area contributed by atoms with Crippen LogP contribution in [-0.4, -0.2) is 12.5 Å². The monoisotopic (exact) mass is 292 g/mol. The first-order valence-electron chi connectivity index (χ1n) is 5.65. The van der Waals surface area contributed by atoms with Crippen molar-refractivity contribution in [3.05, 3.63) is 28.0 Å².